The Morgan fingerprint density at radius 2 is 1.80 bits per heavy atom. The van der Waals surface area contributed by atoms with Gasteiger partial charge in [0.05, 0.1) is 0 Å². The van der Waals surface area contributed by atoms with Crippen molar-refractivity contribution in [3.8, 4) is 0 Å². The number of hydrogen-bond acceptors (Lipinski definition) is 1. The molecule has 1 nitrogen and oxygen atoms in total. The van der Waals surface area contributed by atoms with Crippen LogP contribution in [0.15, 0.2) is 12.3 Å². The summed E-state index contributed by atoms with van der Waals surface area (Å²) in [6.07, 6.45) is 1.09. The van der Waals surface area contributed by atoms with Gasteiger partial charge >= 0.3 is 0 Å². The topological polar surface area (TPSA) is 9.23 Å². The largest absolute Gasteiger partial charge is 0.453 e. The molecule has 0 radical (unpaired) electrons. The van der Waals surface area contributed by atoms with Crippen LogP contribution in [-0.4, -0.2) is 24.1 Å². The van der Waals surface area contributed by atoms with Gasteiger partial charge in [-0.2, -0.15) is 22.2 Å². The fourth-order valence-electron chi connectivity index (χ4n) is 1.50. The molecule has 0 aliphatic carbocycles. The Balaban J connectivity index is 4.14. The van der Waals surface area contributed by atoms with Crippen LogP contribution in [0.3, 0.4) is 0 Å². The molecule has 0 rings (SSSR count). The maximum Gasteiger partial charge on any atom is 0.237 e. The normalized spacial score (nSPS) is 16.5. The molecule has 0 N–H and O–H groups in total. The van der Waals surface area contributed by atoms with Crippen LogP contribution in [0.1, 0.15) is 6.42 Å². The molecule has 0 aromatic heterocycles. The van der Waals surface area contributed by atoms with E-state index in [1.165, 1.54) is 0 Å². The summed E-state index contributed by atoms with van der Waals surface area (Å²) in [6.45, 7) is 12.8. The first-order valence-corrected chi connectivity index (χ1v) is 15.7. The van der Waals surface area contributed by atoms with Crippen molar-refractivity contribution >= 4 is 46.2 Å². The Morgan fingerprint density at radius 1 is 1.27 bits per heavy atom. The lowest BCUT2D eigenvalue weighted by molar-refractivity contribution is 0.552. The zero-order valence-corrected chi connectivity index (χ0v) is 14.8. The second kappa shape index (κ2) is 6.61. The predicted molar refractivity (Wildman–Crippen MR) is 79.3 cm³/mol. The molecule has 0 amide bonds. The van der Waals surface area contributed by atoms with Crippen LogP contribution in [0.5, 0.6) is 0 Å². The third kappa shape index (κ3) is 8.71. The zero-order valence-electron chi connectivity index (χ0n) is 10.1. The van der Waals surface area contributed by atoms with Crippen LogP contribution in [0.4, 0.5) is 0 Å². The second-order valence-electron chi connectivity index (χ2n) is 5.01. The van der Waals surface area contributed by atoms with Crippen molar-refractivity contribution in [2.45, 2.75) is 44.7 Å². The van der Waals surface area contributed by atoms with E-state index in [1.807, 2.05) is 5.70 Å². The molecule has 0 aliphatic heterocycles. The molecule has 0 aliphatic rings. The monoisotopic (exact) mass is 300 g/mol. The molecule has 0 spiro atoms. The van der Waals surface area contributed by atoms with E-state index < -0.39 is 24.1 Å². The first kappa shape index (κ1) is 15.9. The van der Waals surface area contributed by atoms with Gasteiger partial charge in [-0.3, -0.25) is 0 Å². The van der Waals surface area contributed by atoms with Crippen LogP contribution >= 0.6 is 22.2 Å². The van der Waals surface area contributed by atoms with Crippen LogP contribution in [0.25, 0.3) is 0 Å². The molecule has 90 valence electrons. The van der Waals surface area contributed by atoms with Crippen molar-refractivity contribution in [3.63, 3.8) is 0 Å². The highest BCUT2D eigenvalue weighted by molar-refractivity contribution is 7.33. The lowest BCUT2D eigenvalue weighted by atomic mass is 10.6. The van der Waals surface area contributed by atoms with Gasteiger partial charge in [-0.15, -0.1) is 6.58 Å². The zero-order chi connectivity index (χ0) is 12.1. The van der Waals surface area contributed by atoms with Crippen LogP contribution in [0, 0.1) is 0 Å². The Labute approximate surface area is 107 Å². The summed E-state index contributed by atoms with van der Waals surface area (Å²) in [7, 11) is -4.59. The summed E-state index contributed by atoms with van der Waals surface area (Å²) in [5.74, 6) is 0. The molecule has 0 saturated carbocycles. The fourth-order valence-corrected chi connectivity index (χ4v) is 10.8. The van der Waals surface area contributed by atoms with Gasteiger partial charge in [0.1, 0.15) is 0 Å². The molecule has 0 aromatic rings. The Kier molecular flexibility index (Phi) is 7.02. The molecular weight excluding hydrogens is 279 g/mol. The van der Waals surface area contributed by atoms with Gasteiger partial charge in [0, 0.05) is 0 Å². The van der Waals surface area contributed by atoms with Gasteiger partial charge in [-0.25, -0.2) is 0 Å². The van der Waals surface area contributed by atoms with Gasteiger partial charge in [-0.05, 0) is 38.3 Å². The molecule has 1 unspecified atom stereocenters. The molecule has 0 aromatic carbocycles. The molecular formula is C9H22Cl2OSi3. The van der Waals surface area contributed by atoms with Crippen molar-refractivity contribution in [2.24, 2.45) is 0 Å². The molecule has 1 atom stereocenters. The summed E-state index contributed by atoms with van der Waals surface area (Å²) in [5.41, 5.74) is 2.05. The van der Waals surface area contributed by atoms with Crippen molar-refractivity contribution in [3.05, 3.63) is 12.3 Å². The summed E-state index contributed by atoms with van der Waals surface area (Å²) in [5, 5.41) is 0. The number of halogens is 2. The van der Waals surface area contributed by atoms with Crippen LogP contribution in [0.2, 0.25) is 38.3 Å². The minimum atomic E-state index is -1.70. The standard InChI is InChI=1S/C9H22Cl2OSi3/c1-6-15(5,12-14(2,3)4)9-7-8-13(10)11/h6,13H,1,7-9H2,2-5H3. The molecule has 0 saturated heterocycles. The molecule has 0 bridgehead atoms. The minimum Gasteiger partial charge on any atom is -0.453 e. The first-order chi connectivity index (χ1) is 6.68. The molecule has 0 heterocycles. The van der Waals surface area contributed by atoms with E-state index in [2.05, 4.69) is 32.8 Å². The molecule has 0 fully saturated rings. The maximum atomic E-state index is 6.25. The third-order valence-electron chi connectivity index (χ3n) is 2.07. The highest BCUT2D eigenvalue weighted by Gasteiger charge is 2.31. The second-order valence-corrected chi connectivity index (χ2v) is 18.8. The maximum absolute atomic E-state index is 6.25. The van der Waals surface area contributed by atoms with E-state index in [4.69, 9.17) is 26.3 Å². The van der Waals surface area contributed by atoms with E-state index in [1.54, 1.807) is 0 Å². The van der Waals surface area contributed by atoms with Gasteiger partial charge in [-0.1, -0.05) is 12.1 Å². The van der Waals surface area contributed by atoms with Gasteiger partial charge in [0.2, 0.25) is 15.7 Å². The Bertz CT molecular complexity index is 206. The van der Waals surface area contributed by atoms with E-state index in [9.17, 15) is 0 Å². The fraction of sp³-hybridized carbons (Fsp3) is 0.778. The summed E-state index contributed by atoms with van der Waals surface area (Å²) < 4.78 is 6.25. The smallest absolute Gasteiger partial charge is 0.237 e. The van der Waals surface area contributed by atoms with Crippen molar-refractivity contribution in [1.29, 1.82) is 0 Å². The third-order valence-corrected chi connectivity index (χ3v) is 10.7. The average molecular weight is 301 g/mol. The van der Waals surface area contributed by atoms with E-state index in [0.29, 0.717) is 0 Å². The number of hydrogen-bond donors (Lipinski definition) is 0. The van der Waals surface area contributed by atoms with Gasteiger partial charge in [0.25, 0.3) is 0 Å². The van der Waals surface area contributed by atoms with Crippen molar-refractivity contribution in [2.75, 3.05) is 0 Å². The van der Waals surface area contributed by atoms with Crippen molar-refractivity contribution < 1.29 is 4.12 Å². The summed E-state index contributed by atoms with van der Waals surface area (Å²) in [4.78, 5) is 0. The van der Waals surface area contributed by atoms with E-state index in [-0.39, 0.29) is 0 Å². The molecule has 15 heavy (non-hydrogen) atoms. The SMILES string of the molecule is C=C[Si](C)(CCC[SiH](Cl)Cl)O[Si](C)(C)C. The lowest BCUT2D eigenvalue weighted by Crippen LogP contribution is -2.43. The van der Waals surface area contributed by atoms with E-state index in [0.717, 1.165) is 18.5 Å². The van der Waals surface area contributed by atoms with Gasteiger partial charge in [0.15, 0.2) is 8.32 Å². The number of rotatable bonds is 7. The first-order valence-electron chi connectivity index (χ1n) is 5.30. The summed E-state index contributed by atoms with van der Waals surface area (Å²) >= 11 is 11.7. The Morgan fingerprint density at radius 3 is 2.13 bits per heavy atom. The van der Waals surface area contributed by atoms with Crippen LogP contribution in [-0.2, 0) is 4.12 Å². The Hall–Kier alpha value is 0.931. The average Bonchev–Trinajstić information content (AvgIpc) is 2.00. The summed E-state index contributed by atoms with van der Waals surface area (Å²) in [6, 6.07) is 2.08. The van der Waals surface area contributed by atoms with Gasteiger partial charge < -0.3 is 4.12 Å². The minimum absolute atomic E-state index is 0.981. The van der Waals surface area contributed by atoms with E-state index >= 15 is 0 Å². The molecule has 6 heteroatoms. The quantitative estimate of drug-likeness (QED) is 0.505. The predicted octanol–water partition coefficient (Wildman–Crippen LogP) is 4.23. The highest BCUT2D eigenvalue weighted by Crippen LogP contribution is 2.23. The lowest BCUT2D eigenvalue weighted by Gasteiger charge is -2.32. The van der Waals surface area contributed by atoms with Crippen molar-refractivity contribution in [1.82, 2.24) is 0 Å². The highest BCUT2D eigenvalue weighted by atomic mass is 35.7. The van der Waals surface area contributed by atoms with Crippen LogP contribution < -0.4 is 0 Å².